The molecule has 0 bridgehead atoms. The van der Waals surface area contributed by atoms with Gasteiger partial charge in [0.05, 0.1) is 6.04 Å². The van der Waals surface area contributed by atoms with E-state index in [1.165, 1.54) is 0 Å². The quantitative estimate of drug-likeness (QED) is 0.724. The van der Waals surface area contributed by atoms with E-state index in [4.69, 9.17) is 5.73 Å². The Morgan fingerprint density at radius 3 is 2.35 bits per heavy atom. The highest BCUT2D eigenvalue weighted by atomic mass is 16.2. The third-order valence-corrected chi connectivity index (χ3v) is 3.01. The number of nitrogens with zero attached hydrogens (tertiary/aromatic N) is 1. The number of hydrogen-bond donors (Lipinski definition) is 2. The van der Waals surface area contributed by atoms with Crippen molar-refractivity contribution < 1.29 is 9.59 Å². The molecule has 5 heteroatoms. The van der Waals surface area contributed by atoms with Gasteiger partial charge in [0, 0.05) is 25.0 Å². The lowest BCUT2D eigenvalue weighted by molar-refractivity contribution is -0.133. The van der Waals surface area contributed by atoms with Gasteiger partial charge in [-0.2, -0.15) is 0 Å². The van der Waals surface area contributed by atoms with E-state index in [1.54, 1.807) is 0 Å². The van der Waals surface area contributed by atoms with Crippen LogP contribution < -0.4 is 11.1 Å². The molecule has 1 aliphatic rings. The highest BCUT2D eigenvalue weighted by Crippen LogP contribution is 2.13. The van der Waals surface area contributed by atoms with E-state index in [0.29, 0.717) is 0 Å². The standard InChI is InChI=1S/C12H23N3O2/c1-9(11(17)15-6-4-5-7-15)14-12(2,3)8-10(13)16/h9,14H,4-8H2,1-3H3,(H2,13,16). The van der Waals surface area contributed by atoms with Crippen LogP contribution in [0.3, 0.4) is 0 Å². The van der Waals surface area contributed by atoms with E-state index >= 15 is 0 Å². The first kappa shape index (κ1) is 14.0. The lowest BCUT2D eigenvalue weighted by Gasteiger charge is -2.30. The predicted molar refractivity (Wildman–Crippen MR) is 66.3 cm³/mol. The molecule has 0 aliphatic carbocycles. The van der Waals surface area contributed by atoms with Crippen molar-refractivity contribution in [2.24, 2.45) is 5.73 Å². The van der Waals surface area contributed by atoms with Crippen LogP contribution in [0.4, 0.5) is 0 Å². The summed E-state index contributed by atoms with van der Waals surface area (Å²) in [5.74, 6) is -0.247. The molecule has 1 heterocycles. The normalized spacial score (nSPS) is 18.2. The van der Waals surface area contributed by atoms with Crippen LogP contribution in [0.1, 0.15) is 40.0 Å². The lowest BCUT2D eigenvalue weighted by atomic mass is 9.99. The topological polar surface area (TPSA) is 75.4 Å². The number of nitrogens with one attached hydrogen (secondary N) is 1. The molecule has 1 saturated heterocycles. The van der Waals surface area contributed by atoms with Gasteiger partial charge in [-0.3, -0.25) is 9.59 Å². The van der Waals surface area contributed by atoms with Gasteiger partial charge in [-0.1, -0.05) is 0 Å². The summed E-state index contributed by atoms with van der Waals surface area (Å²) in [6.45, 7) is 7.29. The molecule has 0 saturated carbocycles. The maximum atomic E-state index is 12.1. The van der Waals surface area contributed by atoms with Gasteiger partial charge < -0.3 is 16.0 Å². The Kier molecular flexibility index (Phi) is 4.51. The summed E-state index contributed by atoms with van der Waals surface area (Å²) in [5, 5.41) is 3.17. The second-order valence-electron chi connectivity index (χ2n) is 5.43. The summed E-state index contributed by atoms with van der Waals surface area (Å²) in [5.41, 5.74) is 4.73. The first-order valence-electron chi connectivity index (χ1n) is 6.16. The minimum absolute atomic E-state index is 0.111. The Bertz CT molecular complexity index is 296. The Morgan fingerprint density at radius 2 is 1.88 bits per heavy atom. The van der Waals surface area contributed by atoms with Crippen molar-refractivity contribution >= 4 is 11.8 Å². The molecule has 0 aromatic rings. The Hall–Kier alpha value is -1.10. The van der Waals surface area contributed by atoms with Gasteiger partial charge >= 0.3 is 0 Å². The van der Waals surface area contributed by atoms with Crippen molar-refractivity contribution in [1.29, 1.82) is 0 Å². The molecule has 0 spiro atoms. The zero-order valence-electron chi connectivity index (χ0n) is 11.0. The number of amides is 2. The number of nitrogens with two attached hydrogens (primary N) is 1. The number of carbonyl (C=O) groups is 2. The molecule has 1 unspecified atom stereocenters. The monoisotopic (exact) mass is 241 g/mol. The molecule has 98 valence electrons. The molecule has 5 nitrogen and oxygen atoms in total. The summed E-state index contributed by atoms with van der Waals surface area (Å²) < 4.78 is 0. The predicted octanol–water partition coefficient (Wildman–Crippen LogP) is 0.241. The van der Waals surface area contributed by atoms with Gasteiger partial charge in [0.1, 0.15) is 0 Å². The Morgan fingerprint density at radius 1 is 1.35 bits per heavy atom. The van der Waals surface area contributed by atoms with Crippen molar-refractivity contribution in [3.8, 4) is 0 Å². The van der Waals surface area contributed by atoms with Gasteiger partial charge in [0.15, 0.2) is 0 Å². The smallest absolute Gasteiger partial charge is 0.239 e. The molecule has 1 aliphatic heterocycles. The summed E-state index contributed by atoms with van der Waals surface area (Å²) in [7, 11) is 0. The van der Waals surface area contributed by atoms with Crippen LogP contribution in [0.15, 0.2) is 0 Å². The van der Waals surface area contributed by atoms with Gasteiger partial charge in [0.2, 0.25) is 11.8 Å². The van der Waals surface area contributed by atoms with Gasteiger partial charge in [0.25, 0.3) is 0 Å². The molecular weight excluding hydrogens is 218 g/mol. The van der Waals surface area contributed by atoms with E-state index in [0.717, 1.165) is 25.9 Å². The Labute approximate surface area is 103 Å². The number of hydrogen-bond acceptors (Lipinski definition) is 3. The van der Waals surface area contributed by atoms with Crippen molar-refractivity contribution in [3.63, 3.8) is 0 Å². The number of likely N-dealkylation sites (tertiary alicyclic amines) is 1. The van der Waals surface area contributed by atoms with Crippen LogP contribution in [0.5, 0.6) is 0 Å². The van der Waals surface area contributed by atoms with Gasteiger partial charge in [-0.05, 0) is 33.6 Å². The summed E-state index contributed by atoms with van der Waals surface area (Å²) in [6, 6.07) is -0.276. The van der Waals surface area contributed by atoms with Crippen LogP contribution in [0.2, 0.25) is 0 Å². The third kappa shape index (κ3) is 4.34. The van der Waals surface area contributed by atoms with Crippen LogP contribution in [-0.4, -0.2) is 41.4 Å². The van der Waals surface area contributed by atoms with Crippen LogP contribution >= 0.6 is 0 Å². The first-order chi connectivity index (χ1) is 7.82. The van der Waals surface area contributed by atoms with Gasteiger partial charge in [-0.25, -0.2) is 0 Å². The number of rotatable bonds is 5. The molecule has 1 rings (SSSR count). The highest BCUT2D eigenvalue weighted by Gasteiger charge is 2.28. The van der Waals surface area contributed by atoms with E-state index < -0.39 is 5.54 Å². The van der Waals surface area contributed by atoms with Crippen molar-refractivity contribution in [2.75, 3.05) is 13.1 Å². The molecular formula is C12H23N3O2. The van der Waals surface area contributed by atoms with E-state index in [1.807, 2.05) is 25.7 Å². The van der Waals surface area contributed by atoms with Crippen LogP contribution in [-0.2, 0) is 9.59 Å². The summed E-state index contributed by atoms with van der Waals surface area (Å²) in [4.78, 5) is 24.8. The highest BCUT2D eigenvalue weighted by molar-refractivity contribution is 5.82. The third-order valence-electron chi connectivity index (χ3n) is 3.01. The fraction of sp³-hybridized carbons (Fsp3) is 0.833. The van der Waals surface area contributed by atoms with Crippen molar-refractivity contribution in [1.82, 2.24) is 10.2 Å². The lowest BCUT2D eigenvalue weighted by Crippen LogP contribution is -2.53. The molecule has 2 amide bonds. The average Bonchev–Trinajstić information content (AvgIpc) is 2.65. The van der Waals surface area contributed by atoms with Crippen molar-refractivity contribution in [2.45, 2.75) is 51.6 Å². The van der Waals surface area contributed by atoms with E-state index in [2.05, 4.69) is 5.32 Å². The zero-order chi connectivity index (χ0) is 13.1. The SMILES string of the molecule is CC(NC(C)(C)CC(N)=O)C(=O)N1CCCC1. The molecule has 0 aromatic carbocycles. The van der Waals surface area contributed by atoms with E-state index in [9.17, 15) is 9.59 Å². The van der Waals surface area contributed by atoms with Crippen LogP contribution in [0, 0.1) is 0 Å². The molecule has 1 atom stereocenters. The molecule has 0 aromatic heterocycles. The molecule has 17 heavy (non-hydrogen) atoms. The summed E-state index contributed by atoms with van der Waals surface area (Å²) in [6.07, 6.45) is 2.40. The van der Waals surface area contributed by atoms with Gasteiger partial charge in [-0.15, -0.1) is 0 Å². The minimum atomic E-state index is -0.444. The minimum Gasteiger partial charge on any atom is -0.370 e. The second-order valence-corrected chi connectivity index (χ2v) is 5.43. The maximum absolute atomic E-state index is 12.1. The molecule has 1 fully saturated rings. The average molecular weight is 241 g/mol. The van der Waals surface area contributed by atoms with E-state index in [-0.39, 0.29) is 24.3 Å². The molecule has 3 N–H and O–H groups in total. The maximum Gasteiger partial charge on any atom is 0.239 e. The fourth-order valence-corrected chi connectivity index (χ4v) is 2.35. The Balaban J connectivity index is 2.49. The molecule has 0 radical (unpaired) electrons. The number of primary amides is 1. The summed E-state index contributed by atoms with van der Waals surface area (Å²) >= 11 is 0. The second kappa shape index (κ2) is 5.49. The fourth-order valence-electron chi connectivity index (χ4n) is 2.35. The van der Waals surface area contributed by atoms with Crippen molar-refractivity contribution in [3.05, 3.63) is 0 Å². The first-order valence-corrected chi connectivity index (χ1v) is 6.16. The van der Waals surface area contributed by atoms with Crippen LogP contribution in [0.25, 0.3) is 0 Å². The number of carbonyl (C=O) groups excluding carboxylic acids is 2. The largest absolute Gasteiger partial charge is 0.370 e. The zero-order valence-corrected chi connectivity index (χ0v) is 11.0.